The molecule has 1 aliphatic carbocycles. The third-order valence-electron chi connectivity index (χ3n) is 14.6. The standard InChI is InChI=1S/C59H51N/c1-57(2)55-38-53(54(39-56(55)58(3,4)59(57,5)6)51-23-15-22-50-49-21-14-13-20-44(49)30-37-52(50)51)45-28-35-48(36-29-45)60(46-31-24-42(25-32-46)40-16-9-7-10-17-40)47-33-26-43(27-34-47)41-18-11-8-12-19-41/h7-39H,1-6H3. The summed E-state index contributed by atoms with van der Waals surface area (Å²) in [6.07, 6.45) is 0. The highest BCUT2D eigenvalue weighted by atomic mass is 15.1. The monoisotopic (exact) mass is 773 g/mol. The van der Waals surface area contributed by atoms with Gasteiger partial charge in [0.05, 0.1) is 0 Å². The molecular formula is C59H51N. The Morgan fingerprint density at radius 3 is 1.27 bits per heavy atom. The maximum Gasteiger partial charge on any atom is 0.0462 e. The van der Waals surface area contributed by atoms with E-state index in [4.69, 9.17) is 0 Å². The van der Waals surface area contributed by atoms with Crippen molar-refractivity contribution < 1.29 is 0 Å². The summed E-state index contributed by atoms with van der Waals surface area (Å²) in [6.45, 7) is 14.7. The van der Waals surface area contributed by atoms with Crippen LogP contribution in [-0.4, -0.2) is 0 Å². The van der Waals surface area contributed by atoms with Gasteiger partial charge < -0.3 is 4.90 Å². The summed E-state index contributed by atoms with van der Waals surface area (Å²) in [5.41, 5.74) is 16.1. The van der Waals surface area contributed by atoms with E-state index in [1.54, 1.807) is 0 Å². The molecule has 0 amide bonds. The maximum absolute atomic E-state index is 2.55. The first-order valence-corrected chi connectivity index (χ1v) is 21.3. The Morgan fingerprint density at radius 2 is 0.733 bits per heavy atom. The minimum Gasteiger partial charge on any atom is -0.311 e. The van der Waals surface area contributed by atoms with Crippen LogP contribution in [0.5, 0.6) is 0 Å². The molecule has 1 nitrogen and oxygen atoms in total. The van der Waals surface area contributed by atoms with Crippen LogP contribution in [0.15, 0.2) is 200 Å². The van der Waals surface area contributed by atoms with E-state index in [9.17, 15) is 0 Å². The van der Waals surface area contributed by atoms with Gasteiger partial charge in [0.2, 0.25) is 0 Å². The van der Waals surface area contributed by atoms with Crippen LogP contribution in [-0.2, 0) is 10.8 Å². The van der Waals surface area contributed by atoms with Gasteiger partial charge in [0.25, 0.3) is 0 Å². The first kappa shape index (κ1) is 37.6. The Morgan fingerprint density at radius 1 is 0.300 bits per heavy atom. The molecule has 0 saturated heterocycles. The van der Waals surface area contributed by atoms with Crippen LogP contribution in [0.4, 0.5) is 17.1 Å². The number of nitrogens with zero attached hydrogens (tertiary/aromatic N) is 1. The lowest BCUT2D eigenvalue weighted by Gasteiger charge is -2.44. The van der Waals surface area contributed by atoms with Crippen molar-refractivity contribution in [3.05, 3.63) is 211 Å². The van der Waals surface area contributed by atoms with E-state index in [1.165, 1.54) is 77.2 Å². The van der Waals surface area contributed by atoms with Crippen LogP contribution in [0.1, 0.15) is 52.7 Å². The fraction of sp³-hybridized carbons (Fsp3) is 0.153. The van der Waals surface area contributed by atoms with Gasteiger partial charge in [-0.15, -0.1) is 0 Å². The van der Waals surface area contributed by atoms with E-state index in [2.05, 4.69) is 247 Å². The largest absolute Gasteiger partial charge is 0.311 e. The predicted molar refractivity (Wildman–Crippen MR) is 258 cm³/mol. The van der Waals surface area contributed by atoms with Gasteiger partial charge in [0.1, 0.15) is 0 Å². The van der Waals surface area contributed by atoms with Crippen LogP contribution in [0, 0.1) is 5.41 Å². The minimum absolute atomic E-state index is 0.0210. The van der Waals surface area contributed by atoms with Crippen molar-refractivity contribution >= 4 is 38.6 Å². The number of anilines is 3. The van der Waals surface area contributed by atoms with Crippen molar-refractivity contribution in [1.82, 2.24) is 0 Å². The Labute approximate surface area is 355 Å². The molecule has 0 N–H and O–H groups in total. The molecule has 60 heavy (non-hydrogen) atoms. The molecule has 1 heteroatoms. The van der Waals surface area contributed by atoms with Crippen LogP contribution in [0.3, 0.4) is 0 Å². The van der Waals surface area contributed by atoms with E-state index in [1.807, 2.05) is 0 Å². The first-order valence-electron chi connectivity index (χ1n) is 21.3. The van der Waals surface area contributed by atoms with Crippen LogP contribution < -0.4 is 4.90 Å². The molecule has 0 fully saturated rings. The molecule has 9 aromatic carbocycles. The van der Waals surface area contributed by atoms with Crippen LogP contribution >= 0.6 is 0 Å². The fourth-order valence-electron chi connectivity index (χ4n) is 9.93. The summed E-state index contributed by atoms with van der Waals surface area (Å²) in [7, 11) is 0. The van der Waals surface area contributed by atoms with Crippen LogP contribution in [0.25, 0.3) is 66.1 Å². The van der Waals surface area contributed by atoms with Gasteiger partial charge in [0, 0.05) is 17.1 Å². The molecule has 0 saturated carbocycles. The molecule has 1 aliphatic rings. The van der Waals surface area contributed by atoms with Gasteiger partial charge >= 0.3 is 0 Å². The summed E-state index contributed by atoms with van der Waals surface area (Å²) < 4.78 is 0. The zero-order valence-electron chi connectivity index (χ0n) is 35.5. The molecule has 0 atom stereocenters. The maximum atomic E-state index is 2.55. The van der Waals surface area contributed by atoms with Crippen molar-refractivity contribution in [2.45, 2.75) is 52.4 Å². The summed E-state index contributed by atoms with van der Waals surface area (Å²) >= 11 is 0. The molecule has 0 heterocycles. The average Bonchev–Trinajstić information content (AvgIpc) is 3.39. The lowest BCUT2D eigenvalue weighted by Crippen LogP contribution is -2.42. The molecule has 0 aliphatic heterocycles. The van der Waals surface area contributed by atoms with Crippen molar-refractivity contribution in [2.24, 2.45) is 5.41 Å². The number of benzene rings is 9. The quantitative estimate of drug-likeness (QED) is 0.146. The Bertz CT molecular complexity index is 2920. The van der Waals surface area contributed by atoms with Gasteiger partial charge in [-0.1, -0.05) is 193 Å². The molecular weight excluding hydrogens is 723 g/mol. The van der Waals surface area contributed by atoms with E-state index >= 15 is 0 Å². The van der Waals surface area contributed by atoms with Gasteiger partial charge in [-0.2, -0.15) is 0 Å². The van der Waals surface area contributed by atoms with Crippen molar-refractivity contribution in [3.63, 3.8) is 0 Å². The van der Waals surface area contributed by atoms with Gasteiger partial charge in [-0.3, -0.25) is 0 Å². The van der Waals surface area contributed by atoms with Gasteiger partial charge in [0.15, 0.2) is 0 Å². The number of hydrogen-bond acceptors (Lipinski definition) is 1. The normalized spacial score (nSPS) is 14.9. The smallest absolute Gasteiger partial charge is 0.0462 e. The average molecular weight is 774 g/mol. The molecule has 0 aromatic heterocycles. The molecule has 0 spiro atoms. The summed E-state index contributed by atoms with van der Waals surface area (Å²) in [5.74, 6) is 0. The molecule has 10 rings (SSSR count). The van der Waals surface area contributed by atoms with Crippen LogP contribution in [0.2, 0.25) is 0 Å². The third kappa shape index (κ3) is 5.98. The van der Waals surface area contributed by atoms with E-state index in [0.29, 0.717) is 0 Å². The fourth-order valence-corrected chi connectivity index (χ4v) is 9.93. The molecule has 292 valence electrons. The Balaban J connectivity index is 1.13. The van der Waals surface area contributed by atoms with Crippen molar-refractivity contribution in [2.75, 3.05) is 4.90 Å². The summed E-state index contributed by atoms with van der Waals surface area (Å²) in [6, 6.07) is 73.8. The van der Waals surface area contributed by atoms with Crippen molar-refractivity contribution in [3.8, 4) is 44.5 Å². The zero-order chi connectivity index (χ0) is 41.2. The molecule has 0 radical (unpaired) electrons. The van der Waals surface area contributed by atoms with E-state index < -0.39 is 0 Å². The Kier molecular flexibility index (Phi) is 8.92. The number of fused-ring (bicyclic) bond motifs is 4. The topological polar surface area (TPSA) is 3.24 Å². The SMILES string of the molecule is CC1(C)c2cc(-c3ccc(N(c4ccc(-c5ccccc5)cc4)c4ccc(-c5ccccc5)cc4)cc3)c(-c3cccc4c3ccc3ccccc34)cc2C(C)(C)C1(C)C. The second-order valence-corrected chi connectivity index (χ2v) is 18.2. The van der Waals surface area contributed by atoms with Gasteiger partial charge in [-0.25, -0.2) is 0 Å². The first-order chi connectivity index (χ1) is 29.0. The second kappa shape index (κ2) is 14.2. The van der Waals surface area contributed by atoms with E-state index in [0.717, 1.165) is 17.1 Å². The van der Waals surface area contributed by atoms with E-state index in [-0.39, 0.29) is 16.2 Å². The predicted octanol–water partition coefficient (Wildman–Crippen LogP) is 16.7. The third-order valence-corrected chi connectivity index (χ3v) is 14.6. The highest BCUT2D eigenvalue weighted by molar-refractivity contribution is 6.13. The molecule has 9 aromatic rings. The summed E-state index contributed by atoms with van der Waals surface area (Å²) in [4.78, 5) is 2.38. The summed E-state index contributed by atoms with van der Waals surface area (Å²) in [5, 5.41) is 5.14. The lowest BCUT2D eigenvalue weighted by atomic mass is 9.59. The zero-order valence-corrected chi connectivity index (χ0v) is 35.5. The highest BCUT2D eigenvalue weighted by Gasteiger charge is 2.57. The number of hydrogen-bond donors (Lipinski definition) is 0. The lowest BCUT2D eigenvalue weighted by molar-refractivity contribution is 0.125. The van der Waals surface area contributed by atoms with Gasteiger partial charge in [-0.05, 0) is 142 Å². The second-order valence-electron chi connectivity index (χ2n) is 18.2. The minimum atomic E-state index is -0.0252. The Hall–Kier alpha value is -6.70. The molecule has 0 unspecified atom stereocenters. The molecule has 0 bridgehead atoms. The van der Waals surface area contributed by atoms with Crippen molar-refractivity contribution in [1.29, 1.82) is 0 Å². The highest BCUT2D eigenvalue weighted by Crippen LogP contribution is 2.63. The number of rotatable bonds is 7.